The maximum absolute atomic E-state index is 15.1. The molecule has 0 N–H and O–H groups in total. The molecule has 1 saturated heterocycles. The fourth-order valence-corrected chi connectivity index (χ4v) is 4.04. The molecule has 3 aromatic rings. The summed E-state index contributed by atoms with van der Waals surface area (Å²) in [4.78, 5) is 49.0. The van der Waals surface area contributed by atoms with Gasteiger partial charge in [0, 0.05) is 42.1 Å². The Balaban J connectivity index is 1.60. The summed E-state index contributed by atoms with van der Waals surface area (Å²) in [5.41, 5.74) is -1.00. The maximum atomic E-state index is 15.1. The lowest BCUT2D eigenvalue weighted by atomic mass is 9.94. The van der Waals surface area contributed by atoms with Crippen LogP contribution in [-0.2, 0) is 9.59 Å². The number of anilines is 2. The first-order valence-corrected chi connectivity index (χ1v) is 11.4. The van der Waals surface area contributed by atoms with Crippen LogP contribution in [0.1, 0.15) is 31.4 Å². The summed E-state index contributed by atoms with van der Waals surface area (Å²) >= 11 is 0. The van der Waals surface area contributed by atoms with E-state index in [0.717, 1.165) is 12.1 Å². The molecule has 2 heterocycles. The van der Waals surface area contributed by atoms with E-state index in [9.17, 15) is 14.4 Å². The molecule has 37 heavy (non-hydrogen) atoms. The number of carbonyl (C=O) groups is 3. The van der Waals surface area contributed by atoms with Gasteiger partial charge in [-0.2, -0.15) is 0 Å². The van der Waals surface area contributed by atoms with E-state index in [1.54, 1.807) is 38.1 Å². The molecule has 8 nitrogen and oxygen atoms in total. The van der Waals surface area contributed by atoms with Crippen LogP contribution in [0.2, 0.25) is 0 Å². The van der Waals surface area contributed by atoms with Gasteiger partial charge in [-0.05, 0) is 38.1 Å². The van der Waals surface area contributed by atoms with Crippen molar-refractivity contribution in [2.45, 2.75) is 25.8 Å². The third kappa shape index (κ3) is 5.46. The molecule has 0 spiro atoms. The molecule has 1 aliphatic rings. The largest absolute Gasteiger partial charge is 0.332 e. The lowest BCUT2D eigenvalue weighted by Gasteiger charge is -2.45. The molecule has 1 aromatic heterocycles. The van der Waals surface area contributed by atoms with E-state index in [4.69, 9.17) is 0 Å². The lowest BCUT2D eigenvalue weighted by molar-refractivity contribution is -0.122. The smallest absolute Gasteiger partial charge is 0.317 e. The molecule has 0 aliphatic carbocycles. The summed E-state index contributed by atoms with van der Waals surface area (Å²) in [6, 6.07) is 9.99. The van der Waals surface area contributed by atoms with E-state index in [1.165, 1.54) is 28.4 Å². The summed E-state index contributed by atoms with van der Waals surface area (Å²) in [5, 5.41) is 0. The number of hydrogen-bond donors (Lipinski definition) is 0. The van der Waals surface area contributed by atoms with Crippen LogP contribution < -0.4 is 9.80 Å². The van der Waals surface area contributed by atoms with Crippen molar-refractivity contribution in [3.8, 4) is 11.8 Å². The van der Waals surface area contributed by atoms with Crippen LogP contribution >= 0.6 is 0 Å². The lowest BCUT2D eigenvalue weighted by Crippen LogP contribution is -2.63. The van der Waals surface area contributed by atoms with Crippen molar-refractivity contribution in [3.05, 3.63) is 83.8 Å². The highest BCUT2D eigenvalue weighted by atomic mass is 19.1. The molecule has 0 atom stereocenters. The van der Waals surface area contributed by atoms with E-state index in [0.29, 0.717) is 16.9 Å². The van der Waals surface area contributed by atoms with Crippen LogP contribution in [0.25, 0.3) is 0 Å². The van der Waals surface area contributed by atoms with Gasteiger partial charge < -0.3 is 4.90 Å². The third-order valence-corrected chi connectivity index (χ3v) is 5.89. The van der Waals surface area contributed by atoms with Gasteiger partial charge in [-0.15, -0.1) is 0 Å². The Morgan fingerprint density at radius 1 is 1.05 bits per heavy atom. The second-order valence-electron chi connectivity index (χ2n) is 8.92. The number of benzene rings is 2. The van der Waals surface area contributed by atoms with E-state index >= 15 is 8.78 Å². The SMILES string of the molecule is CC1(C)CC(=O)N(c2c(F)cc(C#Cc3ccccc3)cc2F)C(=O)N1CCN(C=O)c1cnccn1. The number of carbonyl (C=O) groups excluding carboxylic acids is 3. The molecule has 4 rings (SSSR count). The molecular weight excluding hydrogens is 480 g/mol. The molecule has 188 valence electrons. The summed E-state index contributed by atoms with van der Waals surface area (Å²) < 4.78 is 30.3. The minimum Gasteiger partial charge on any atom is -0.317 e. The Hall–Kier alpha value is -4.65. The van der Waals surface area contributed by atoms with Crippen LogP contribution in [0.4, 0.5) is 25.1 Å². The van der Waals surface area contributed by atoms with E-state index in [1.807, 2.05) is 6.07 Å². The Bertz CT molecular complexity index is 1360. The normalized spacial score (nSPS) is 14.7. The van der Waals surface area contributed by atoms with E-state index < -0.39 is 34.8 Å². The van der Waals surface area contributed by atoms with Gasteiger partial charge in [-0.25, -0.2) is 23.5 Å². The zero-order valence-corrected chi connectivity index (χ0v) is 20.2. The molecule has 0 bridgehead atoms. The first-order valence-electron chi connectivity index (χ1n) is 11.4. The molecule has 4 amide bonds. The average Bonchev–Trinajstić information content (AvgIpc) is 2.87. The standard InChI is InChI=1S/C27H23F2N5O3/c1-27(2)16-24(36)34(26(37)33(27)13-12-32(18-35)23-17-30-10-11-31-23)25-21(28)14-20(15-22(25)29)9-8-19-6-4-3-5-7-19/h3-7,10-11,14-15,17-18H,12-13,16H2,1-2H3. The number of urea groups is 1. The summed E-state index contributed by atoms with van der Waals surface area (Å²) in [7, 11) is 0. The Labute approximate surface area is 212 Å². The predicted octanol–water partition coefficient (Wildman–Crippen LogP) is 3.75. The van der Waals surface area contributed by atoms with Crippen LogP contribution in [0.3, 0.4) is 0 Å². The minimum absolute atomic E-state index is 0.0190. The highest BCUT2D eigenvalue weighted by molar-refractivity contribution is 6.16. The second-order valence-corrected chi connectivity index (χ2v) is 8.92. The molecule has 0 unspecified atom stereocenters. The first kappa shape index (κ1) is 25.4. The number of nitrogens with zero attached hydrogens (tertiary/aromatic N) is 5. The number of hydrogen-bond acceptors (Lipinski definition) is 5. The maximum Gasteiger partial charge on any atom is 0.332 e. The summed E-state index contributed by atoms with van der Waals surface area (Å²) in [6.45, 7) is 3.35. The van der Waals surface area contributed by atoms with Gasteiger partial charge in [0.05, 0.1) is 12.6 Å². The quantitative estimate of drug-likeness (QED) is 0.378. The van der Waals surface area contributed by atoms with E-state index in [2.05, 4.69) is 21.8 Å². The minimum atomic E-state index is -1.09. The van der Waals surface area contributed by atoms with Gasteiger partial charge >= 0.3 is 6.03 Å². The van der Waals surface area contributed by atoms with Crippen molar-refractivity contribution in [2.24, 2.45) is 0 Å². The molecule has 0 saturated carbocycles. The molecule has 0 radical (unpaired) electrons. The van der Waals surface area contributed by atoms with Gasteiger partial charge in [0.1, 0.15) is 5.69 Å². The highest BCUT2D eigenvalue weighted by Crippen LogP contribution is 2.34. The zero-order chi connectivity index (χ0) is 26.6. The van der Waals surface area contributed by atoms with Gasteiger partial charge in [-0.3, -0.25) is 19.5 Å². The Morgan fingerprint density at radius 2 is 1.73 bits per heavy atom. The van der Waals surface area contributed by atoms with Crippen molar-refractivity contribution in [2.75, 3.05) is 22.9 Å². The third-order valence-electron chi connectivity index (χ3n) is 5.89. The Morgan fingerprint density at radius 3 is 2.35 bits per heavy atom. The molecule has 10 heteroatoms. The van der Waals surface area contributed by atoms with Crippen molar-refractivity contribution in [1.29, 1.82) is 0 Å². The monoisotopic (exact) mass is 503 g/mol. The number of aromatic nitrogens is 2. The van der Waals surface area contributed by atoms with Crippen LogP contribution in [-0.4, -0.2) is 51.8 Å². The number of imide groups is 1. The van der Waals surface area contributed by atoms with Crippen molar-refractivity contribution in [3.63, 3.8) is 0 Å². The predicted molar refractivity (Wildman–Crippen MR) is 133 cm³/mol. The summed E-state index contributed by atoms with van der Waals surface area (Å²) in [6.07, 6.45) is 4.62. The van der Waals surface area contributed by atoms with Crippen molar-refractivity contribution >= 4 is 29.9 Å². The van der Waals surface area contributed by atoms with Crippen molar-refractivity contribution in [1.82, 2.24) is 14.9 Å². The van der Waals surface area contributed by atoms with E-state index in [-0.39, 0.29) is 30.9 Å². The second kappa shape index (κ2) is 10.5. The molecule has 2 aromatic carbocycles. The molecular formula is C27H23F2N5O3. The van der Waals surface area contributed by atoms with Gasteiger partial charge in [0.2, 0.25) is 12.3 Å². The molecule has 1 fully saturated rings. The first-order chi connectivity index (χ1) is 17.7. The Kier molecular flexibility index (Phi) is 7.25. The van der Waals surface area contributed by atoms with Gasteiger partial charge in [0.25, 0.3) is 0 Å². The van der Waals surface area contributed by atoms with Crippen LogP contribution in [0.15, 0.2) is 61.1 Å². The molecule has 1 aliphatic heterocycles. The summed E-state index contributed by atoms with van der Waals surface area (Å²) in [5.74, 6) is 2.86. The topological polar surface area (TPSA) is 86.7 Å². The number of rotatable bonds is 6. The van der Waals surface area contributed by atoms with Crippen molar-refractivity contribution < 1.29 is 23.2 Å². The van der Waals surface area contributed by atoms with Gasteiger partial charge in [-0.1, -0.05) is 30.0 Å². The van der Waals surface area contributed by atoms with Crippen LogP contribution in [0, 0.1) is 23.5 Å². The highest BCUT2D eigenvalue weighted by Gasteiger charge is 2.46. The average molecular weight is 504 g/mol. The van der Waals surface area contributed by atoms with Crippen LogP contribution in [0.5, 0.6) is 0 Å². The zero-order valence-electron chi connectivity index (χ0n) is 20.2. The number of amides is 4. The fraction of sp³-hybridized carbons (Fsp3) is 0.222. The number of halogens is 2. The fourth-order valence-electron chi connectivity index (χ4n) is 4.04. The van der Waals surface area contributed by atoms with Gasteiger partial charge in [0.15, 0.2) is 17.5 Å².